The zero-order chi connectivity index (χ0) is 23.5. The highest BCUT2D eigenvalue weighted by atomic mass is 16.1. The van der Waals surface area contributed by atoms with Gasteiger partial charge in [0.25, 0.3) is 0 Å². The Bertz CT molecular complexity index is 1430. The molecular weight excluding hydrogens is 422 g/mol. The maximum absolute atomic E-state index is 12.7. The minimum atomic E-state index is -0.00669. The van der Waals surface area contributed by atoms with Gasteiger partial charge in [0, 0.05) is 24.3 Å². The molecule has 0 radical (unpaired) electrons. The van der Waals surface area contributed by atoms with Crippen molar-refractivity contribution in [2.24, 2.45) is 0 Å². The molecule has 0 unspecified atom stereocenters. The predicted octanol–water partition coefficient (Wildman–Crippen LogP) is 4.75. The Hall–Kier alpha value is -4.19. The monoisotopic (exact) mass is 449 g/mol. The number of fused-ring (bicyclic) bond motifs is 1. The van der Waals surface area contributed by atoms with Gasteiger partial charge < -0.3 is 9.88 Å². The third-order valence-electron chi connectivity index (χ3n) is 6.17. The lowest BCUT2D eigenvalue weighted by atomic mass is 10.1. The molecule has 0 saturated heterocycles. The zero-order valence-corrected chi connectivity index (χ0v) is 19.4. The number of nitrogens with zero attached hydrogens (tertiary/aromatic N) is 4. The summed E-state index contributed by atoms with van der Waals surface area (Å²) in [6, 6.07) is 26.5. The molecule has 5 rings (SSSR count). The van der Waals surface area contributed by atoms with E-state index in [4.69, 9.17) is 0 Å². The van der Waals surface area contributed by atoms with Crippen LogP contribution in [0.25, 0.3) is 16.7 Å². The van der Waals surface area contributed by atoms with Gasteiger partial charge in [0.15, 0.2) is 0 Å². The Morgan fingerprint density at radius 1 is 0.882 bits per heavy atom. The highest BCUT2D eigenvalue weighted by Gasteiger charge is 2.16. The Kier molecular flexibility index (Phi) is 5.95. The zero-order valence-electron chi connectivity index (χ0n) is 19.4. The SMILES string of the molecule is Cc1nn(-c2ccccc2)c(C)c1CC(=O)NCc1ccc(Cn2cnc3ccccc32)cc1. The van der Waals surface area contributed by atoms with E-state index >= 15 is 0 Å². The summed E-state index contributed by atoms with van der Waals surface area (Å²) in [5.74, 6) is -0.00669. The molecule has 1 amide bonds. The summed E-state index contributed by atoms with van der Waals surface area (Å²) >= 11 is 0. The predicted molar refractivity (Wildman–Crippen MR) is 134 cm³/mol. The van der Waals surface area contributed by atoms with Gasteiger partial charge in [0.1, 0.15) is 0 Å². The third kappa shape index (κ3) is 4.48. The molecule has 0 spiro atoms. The van der Waals surface area contributed by atoms with Crippen LogP contribution in [0.5, 0.6) is 0 Å². The summed E-state index contributed by atoms with van der Waals surface area (Å²) in [5, 5.41) is 7.69. The molecule has 0 aliphatic rings. The van der Waals surface area contributed by atoms with Gasteiger partial charge in [-0.2, -0.15) is 5.10 Å². The van der Waals surface area contributed by atoms with E-state index in [1.807, 2.05) is 73.4 Å². The quantitative estimate of drug-likeness (QED) is 0.390. The fourth-order valence-corrected chi connectivity index (χ4v) is 4.27. The minimum Gasteiger partial charge on any atom is -0.352 e. The van der Waals surface area contributed by atoms with E-state index in [2.05, 4.69) is 50.3 Å². The van der Waals surface area contributed by atoms with Crippen LogP contribution in [0.3, 0.4) is 0 Å². The number of hydrogen-bond acceptors (Lipinski definition) is 3. The average Bonchev–Trinajstić information content (AvgIpc) is 3.40. The Labute approximate surface area is 198 Å². The highest BCUT2D eigenvalue weighted by molar-refractivity contribution is 5.79. The lowest BCUT2D eigenvalue weighted by molar-refractivity contribution is -0.120. The Balaban J connectivity index is 1.20. The van der Waals surface area contributed by atoms with Crippen molar-refractivity contribution < 1.29 is 4.79 Å². The molecule has 6 nitrogen and oxygen atoms in total. The Morgan fingerprint density at radius 3 is 2.38 bits per heavy atom. The summed E-state index contributed by atoms with van der Waals surface area (Å²) in [7, 11) is 0. The second kappa shape index (κ2) is 9.35. The van der Waals surface area contributed by atoms with Crippen LogP contribution in [0.15, 0.2) is 85.2 Å². The van der Waals surface area contributed by atoms with Crippen LogP contribution in [-0.2, 0) is 24.3 Å². The van der Waals surface area contributed by atoms with Gasteiger partial charge in [-0.15, -0.1) is 0 Å². The Morgan fingerprint density at radius 2 is 1.59 bits per heavy atom. The van der Waals surface area contributed by atoms with Crippen molar-refractivity contribution in [2.75, 3.05) is 0 Å². The van der Waals surface area contributed by atoms with Gasteiger partial charge in [-0.05, 0) is 49.2 Å². The van der Waals surface area contributed by atoms with Crippen molar-refractivity contribution in [3.63, 3.8) is 0 Å². The summed E-state index contributed by atoms with van der Waals surface area (Å²) in [5.41, 5.74) is 8.24. The van der Waals surface area contributed by atoms with Gasteiger partial charge in [0.2, 0.25) is 5.91 Å². The maximum atomic E-state index is 12.7. The first-order valence-electron chi connectivity index (χ1n) is 11.4. The molecule has 6 heteroatoms. The van der Waals surface area contributed by atoms with E-state index < -0.39 is 0 Å². The van der Waals surface area contributed by atoms with Crippen molar-refractivity contribution in [2.45, 2.75) is 33.4 Å². The molecule has 0 aliphatic carbocycles. The first-order chi connectivity index (χ1) is 16.6. The van der Waals surface area contributed by atoms with Gasteiger partial charge in [-0.25, -0.2) is 9.67 Å². The number of carbonyl (C=O) groups is 1. The standard InChI is InChI=1S/C28H27N5O/c1-20-25(21(2)33(31-20)24-8-4-3-5-9-24)16-28(34)29-17-22-12-14-23(15-13-22)18-32-19-30-26-10-6-7-11-27(26)32/h3-15,19H,16-18H2,1-2H3,(H,29,34). The average molecular weight is 450 g/mol. The summed E-state index contributed by atoms with van der Waals surface area (Å²) in [6.45, 7) is 5.23. The second-order valence-corrected chi connectivity index (χ2v) is 8.53. The van der Waals surface area contributed by atoms with Crippen LogP contribution >= 0.6 is 0 Å². The molecule has 0 fully saturated rings. The molecule has 0 bridgehead atoms. The number of aryl methyl sites for hydroxylation is 1. The topological polar surface area (TPSA) is 64.7 Å². The van der Waals surface area contributed by atoms with E-state index in [1.165, 1.54) is 5.56 Å². The van der Waals surface area contributed by atoms with Crippen molar-refractivity contribution >= 4 is 16.9 Å². The molecule has 0 atom stereocenters. The lowest BCUT2D eigenvalue weighted by Gasteiger charge is -2.09. The maximum Gasteiger partial charge on any atom is 0.224 e. The van der Waals surface area contributed by atoms with Gasteiger partial charge in [-0.3, -0.25) is 4.79 Å². The number of imidazole rings is 1. The third-order valence-corrected chi connectivity index (χ3v) is 6.17. The van der Waals surface area contributed by atoms with Crippen molar-refractivity contribution in [1.82, 2.24) is 24.6 Å². The van der Waals surface area contributed by atoms with Crippen molar-refractivity contribution in [3.8, 4) is 5.69 Å². The number of para-hydroxylation sites is 3. The second-order valence-electron chi connectivity index (χ2n) is 8.53. The van der Waals surface area contributed by atoms with Crippen LogP contribution in [0, 0.1) is 13.8 Å². The first kappa shape index (κ1) is 21.6. The summed E-state index contributed by atoms with van der Waals surface area (Å²) in [6.07, 6.45) is 2.19. The molecule has 34 heavy (non-hydrogen) atoms. The van der Waals surface area contributed by atoms with E-state index in [0.29, 0.717) is 13.0 Å². The number of rotatable bonds is 7. The van der Waals surface area contributed by atoms with Gasteiger partial charge >= 0.3 is 0 Å². The van der Waals surface area contributed by atoms with Gasteiger partial charge in [-0.1, -0.05) is 54.6 Å². The van der Waals surface area contributed by atoms with Crippen LogP contribution in [-0.4, -0.2) is 25.2 Å². The number of nitrogens with one attached hydrogen (secondary N) is 1. The summed E-state index contributed by atoms with van der Waals surface area (Å²) < 4.78 is 4.05. The molecule has 1 N–H and O–H groups in total. The number of benzene rings is 3. The smallest absolute Gasteiger partial charge is 0.224 e. The molecule has 5 aromatic rings. The number of amides is 1. The van der Waals surface area contributed by atoms with Crippen molar-refractivity contribution in [3.05, 3.63) is 113 Å². The number of aromatic nitrogens is 4. The van der Waals surface area contributed by atoms with Gasteiger partial charge in [0.05, 0.1) is 35.2 Å². The molecule has 0 aliphatic heterocycles. The van der Waals surface area contributed by atoms with Crippen LogP contribution in [0.1, 0.15) is 28.1 Å². The fourth-order valence-electron chi connectivity index (χ4n) is 4.27. The van der Waals surface area contributed by atoms with E-state index in [-0.39, 0.29) is 5.91 Å². The highest BCUT2D eigenvalue weighted by Crippen LogP contribution is 2.19. The molecule has 2 heterocycles. The van der Waals surface area contributed by atoms with E-state index in [0.717, 1.165) is 45.8 Å². The minimum absolute atomic E-state index is 0.00669. The molecule has 0 saturated carbocycles. The number of carbonyl (C=O) groups excluding carboxylic acids is 1. The molecule has 2 aromatic heterocycles. The molecular formula is C28H27N5O. The van der Waals surface area contributed by atoms with E-state index in [1.54, 1.807) is 0 Å². The van der Waals surface area contributed by atoms with Crippen LogP contribution in [0.2, 0.25) is 0 Å². The fraction of sp³-hybridized carbons (Fsp3) is 0.179. The van der Waals surface area contributed by atoms with Crippen LogP contribution < -0.4 is 5.32 Å². The number of hydrogen-bond donors (Lipinski definition) is 1. The molecule has 3 aromatic carbocycles. The largest absolute Gasteiger partial charge is 0.352 e. The normalized spacial score (nSPS) is 11.1. The first-order valence-corrected chi connectivity index (χ1v) is 11.4. The summed E-state index contributed by atoms with van der Waals surface area (Å²) in [4.78, 5) is 17.1. The van der Waals surface area contributed by atoms with Crippen LogP contribution in [0.4, 0.5) is 0 Å². The molecule has 170 valence electrons. The van der Waals surface area contributed by atoms with E-state index in [9.17, 15) is 4.79 Å². The van der Waals surface area contributed by atoms with Crippen molar-refractivity contribution in [1.29, 1.82) is 0 Å². The lowest BCUT2D eigenvalue weighted by Crippen LogP contribution is -2.25.